The minimum Gasteiger partial charge on any atom is -0.340 e. The lowest BCUT2D eigenvalue weighted by molar-refractivity contribution is -0.162. The van der Waals surface area contributed by atoms with E-state index in [1.54, 1.807) is 0 Å². The average molecular weight is 292 g/mol. The molecule has 4 nitrogen and oxygen atoms in total. The molecule has 118 valence electrons. The molecule has 0 spiro atoms. The van der Waals surface area contributed by atoms with Gasteiger partial charge in [0.25, 0.3) is 0 Å². The molecule has 2 amide bonds. The third-order valence-electron chi connectivity index (χ3n) is 5.93. The van der Waals surface area contributed by atoms with Gasteiger partial charge in [-0.15, -0.1) is 0 Å². The monoisotopic (exact) mass is 292 g/mol. The summed E-state index contributed by atoms with van der Waals surface area (Å²) in [6, 6.07) is -0.123. The number of hydrogen-bond acceptors (Lipinski definition) is 2. The number of rotatable bonds is 4. The van der Waals surface area contributed by atoms with E-state index in [1.165, 1.54) is 19.3 Å². The van der Waals surface area contributed by atoms with Gasteiger partial charge in [0.2, 0.25) is 11.8 Å². The zero-order valence-electron chi connectivity index (χ0n) is 13.7. The summed E-state index contributed by atoms with van der Waals surface area (Å²) >= 11 is 0. The zero-order chi connectivity index (χ0) is 15.4. The molecule has 3 fully saturated rings. The maximum absolute atomic E-state index is 13.2. The van der Waals surface area contributed by atoms with Crippen LogP contribution in [0.3, 0.4) is 0 Å². The predicted octanol–water partition coefficient (Wildman–Crippen LogP) is 2.33. The van der Waals surface area contributed by atoms with Crippen LogP contribution in [0.15, 0.2) is 0 Å². The number of piperazine rings is 1. The fraction of sp³-hybridized carbons (Fsp3) is 0.882. The molecule has 3 unspecified atom stereocenters. The molecule has 3 atom stereocenters. The molecule has 1 N–H and O–H groups in total. The van der Waals surface area contributed by atoms with Gasteiger partial charge in [0, 0.05) is 6.04 Å². The van der Waals surface area contributed by atoms with Gasteiger partial charge in [0.1, 0.15) is 11.6 Å². The Morgan fingerprint density at radius 3 is 2.19 bits per heavy atom. The Morgan fingerprint density at radius 1 is 1.14 bits per heavy atom. The SMILES string of the molecule is CC(C)C1C(=O)NC(C)(C2CC2)C(=O)N1C(C)C1CCC1. The molecule has 2 aliphatic carbocycles. The molecule has 3 aliphatic rings. The van der Waals surface area contributed by atoms with Crippen molar-refractivity contribution < 1.29 is 9.59 Å². The minimum absolute atomic E-state index is 0.0465. The molecule has 0 aromatic rings. The number of amides is 2. The highest BCUT2D eigenvalue weighted by atomic mass is 16.2. The molecular formula is C17H28N2O2. The van der Waals surface area contributed by atoms with Gasteiger partial charge in [-0.3, -0.25) is 9.59 Å². The van der Waals surface area contributed by atoms with Crippen molar-refractivity contribution in [3.05, 3.63) is 0 Å². The summed E-state index contributed by atoms with van der Waals surface area (Å²) in [5.74, 6) is 1.26. The standard InChI is InChI=1S/C17H28N2O2/c1-10(2)14-15(20)18-17(4,13-8-9-13)16(21)19(14)11(3)12-6-5-7-12/h10-14H,5-9H2,1-4H3,(H,18,20). The smallest absolute Gasteiger partial charge is 0.249 e. The molecule has 0 bridgehead atoms. The Kier molecular flexibility index (Phi) is 3.53. The first kappa shape index (κ1) is 14.9. The van der Waals surface area contributed by atoms with Crippen LogP contribution in [0, 0.1) is 17.8 Å². The summed E-state index contributed by atoms with van der Waals surface area (Å²) in [5.41, 5.74) is -0.666. The topological polar surface area (TPSA) is 49.4 Å². The van der Waals surface area contributed by atoms with E-state index in [0.29, 0.717) is 11.8 Å². The highest BCUT2D eigenvalue weighted by Crippen LogP contribution is 2.44. The van der Waals surface area contributed by atoms with Crippen molar-refractivity contribution in [2.24, 2.45) is 17.8 Å². The van der Waals surface area contributed by atoms with Crippen molar-refractivity contribution in [3.8, 4) is 0 Å². The van der Waals surface area contributed by atoms with Crippen LogP contribution in [-0.4, -0.2) is 34.3 Å². The maximum Gasteiger partial charge on any atom is 0.249 e. The van der Waals surface area contributed by atoms with E-state index in [4.69, 9.17) is 0 Å². The largest absolute Gasteiger partial charge is 0.340 e. The fourth-order valence-electron chi connectivity index (χ4n) is 4.05. The molecule has 1 saturated heterocycles. The highest BCUT2D eigenvalue weighted by Gasteiger charge is 2.57. The molecule has 21 heavy (non-hydrogen) atoms. The van der Waals surface area contributed by atoms with Crippen LogP contribution in [0.25, 0.3) is 0 Å². The van der Waals surface area contributed by atoms with Crippen LogP contribution < -0.4 is 5.32 Å². The second-order valence-electron chi connectivity index (χ2n) is 7.80. The van der Waals surface area contributed by atoms with E-state index >= 15 is 0 Å². The first-order valence-corrected chi connectivity index (χ1v) is 8.51. The third kappa shape index (κ3) is 2.27. The molecule has 0 aromatic heterocycles. The van der Waals surface area contributed by atoms with Crippen molar-refractivity contribution >= 4 is 11.8 Å². The summed E-state index contributed by atoms with van der Waals surface area (Å²) in [6.07, 6.45) is 5.76. The Balaban J connectivity index is 1.92. The third-order valence-corrected chi connectivity index (χ3v) is 5.93. The fourth-order valence-corrected chi connectivity index (χ4v) is 4.05. The molecular weight excluding hydrogens is 264 g/mol. The van der Waals surface area contributed by atoms with Crippen molar-refractivity contribution in [1.29, 1.82) is 0 Å². The molecule has 4 heteroatoms. The van der Waals surface area contributed by atoms with E-state index in [2.05, 4.69) is 12.2 Å². The average Bonchev–Trinajstić information content (AvgIpc) is 3.14. The molecule has 2 saturated carbocycles. The summed E-state index contributed by atoms with van der Waals surface area (Å²) in [5, 5.41) is 3.07. The zero-order valence-corrected chi connectivity index (χ0v) is 13.7. The first-order valence-electron chi connectivity index (χ1n) is 8.51. The normalized spacial score (nSPS) is 35.7. The minimum atomic E-state index is -0.666. The van der Waals surface area contributed by atoms with Gasteiger partial charge in [-0.2, -0.15) is 0 Å². The quantitative estimate of drug-likeness (QED) is 0.864. The number of nitrogens with zero attached hydrogens (tertiary/aromatic N) is 1. The van der Waals surface area contributed by atoms with Gasteiger partial charge < -0.3 is 10.2 Å². The number of hydrogen-bond donors (Lipinski definition) is 1. The molecule has 1 aliphatic heterocycles. The van der Waals surface area contributed by atoms with Crippen LogP contribution in [0.4, 0.5) is 0 Å². The van der Waals surface area contributed by atoms with Crippen LogP contribution in [0.2, 0.25) is 0 Å². The van der Waals surface area contributed by atoms with E-state index in [0.717, 1.165) is 12.8 Å². The summed E-state index contributed by atoms with van der Waals surface area (Å²) in [6.45, 7) is 8.15. The van der Waals surface area contributed by atoms with Crippen molar-refractivity contribution in [1.82, 2.24) is 10.2 Å². The first-order chi connectivity index (χ1) is 9.86. The Hall–Kier alpha value is -1.06. The van der Waals surface area contributed by atoms with Crippen LogP contribution >= 0.6 is 0 Å². The molecule has 0 aromatic carbocycles. The maximum atomic E-state index is 13.2. The van der Waals surface area contributed by atoms with Crippen LogP contribution in [-0.2, 0) is 9.59 Å². The van der Waals surface area contributed by atoms with Crippen LogP contribution in [0.1, 0.15) is 59.8 Å². The lowest BCUT2D eigenvalue weighted by Crippen LogP contribution is -2.73. The van der Waals surface area contributed by atoms with Crippen LogP contribution in [0.5, 0.6) is 0 Å². The lowest BCUT2D eigenvalue weighted by atomic mass is 9.77. The van der Waals surface area contributed by atoms with Gasteiger partial charge in [-0.05, 0) is 57.3 Å². The van der Waals surface area contributed by atoms with Gasteiger partial charge in [-0.25, -0.2) is 0 Å². The van der Waals surface area contributed by atoms with Crippen molar-refractivity contribution in [2.45, 2.75) is 77.4 Å². The Bertz CT molecular complexity index is 454. The van der Waals surface area contributed by atoms with Gasteiger partial charge in [-0.1, -0.05) is 20.3 Å². The second kappa shape index (κ2) is 4.99. The van der Waals surface area contributed by atoms with E-state index < -0.39 is 5.54 Å². The second-order valence-corrected chi connectivity index (χ2v) is 7.80. The molecule has 3 rings (SSSR count). The number of carbonyl (C=O) groups is 2. The van der Waals surface area contributed by atoms with Crippen molar-refractivity contribution in [2.75, 3.05) is 0 Å². The lowest BCUT2D eigenvalue weighted by Gasteiger charge is -2.51. The van der Waals surface area contributed by atoms with Gasteiger partial charge >= 0.3 is 0 Å². The predicted molar refractivity (Wildman–Crippen MR) is 81.5 cm³/mol. The van der Waals surface area contributed by atoms with E-state index in [9.17, 15) is 9.59 Å². The Labute approximate surface area is 127 Å². The van der Waals surface area contributed by atoms with Crippen molar-refractivity contribution in [3.63, 3.8) is 0 Å². The molecule has 1 heterocycles. The number of carbonyl (C=O) groups excluding carboxylic acids is 2. The number of nitrogens with one attached hydrogen (secondary N) is 1. The van der Waals surface area contributed by atoms with E-state index in [-0.39, 0.29) is 29.8 Å². The summed E-state index contributed by atoms with van der Waals surface area (Å²) < 4.78 is 0. The summed E-state index contributed by atoms with van der Waals surface area (Å²) in [7, 11) is 0. The van der Waals surface area contributed by atoms with Gasteiger partial charge in [0.05, 0.1) is 0 Å². The van der Waals surface area contributed by atoms with E-state index in [1.807, 2.05) is 25.7 Å². The van der Waals surface area contributed by atoms with Gasteiger partial charge in [0.15, 0.2) is 0 Å². The Morgan fingerprint density at radius 2 is 1.76 bits per heavy atom. The molecule has 0 radical (unpaired) electrons. The highest BCUT2D eigenvalue weighted by molar-refractivity contribution is 6.00. The summed E-state index contributed by atoms with van der Waals surface area (Å²) in [4.78, 5) is 27.8.